The highest BCUT2D eigenvalue weighted by atomic mass is 15.1. The number of nitrogens with zero attached hydrogens (tertiary/aromatic N) is 2. The van der Waals surface area contributed by atoms with Gasteiger partial charge in [-0.2, -0.15) is 0 Å². The number of rotatable bonds is 35. The molecular weight excluding hydrogens is 641 g/mol. The molecule has 298 valence electrons. The second-order valence-corrected chi connectivity index (χ2v) is 17.0. The Morgan fingerprint density at radius 2 is 0.887 bits per heavy atom. The van der Waals surface area contributed by atoms with Crippen molar-refractivity contribution in [1.29, 1.82) is 0 Å². The van der Waals surface area contributed by atoms with Gasteiger partial charge in [-0.05, 0) is 30.4 Å². The molecule has 0 saturated heterocycles. The Labute approximate surface area is 329 Å². The molecule has 0 fully saturated rings. The van der Waals surface area contributed by atoms with Crippen molar-refractivity contribution in [2.75, 3.05) is 0 Å². The van der Waals surface area contributed by atoms with Crippen molar-refractivity contribution in [3.05, 3.63) is 90.0 Å². The predicted octanol–water partition coefficient (Wildman–Crippen LogP) is 16.5. The van der Waals surface area contributed by atoms with Crippen molar-refractivity contribution in [1.82, 2.24) is 9.55 Å². The van der Waals surface area contributed by atoms with Crippen molar-refractivity contribution in [2.24, 2.45) is 0 Å². The maximum absolute atomic E-state index is 5.18. The fourth-order valence-electron chi connectivity index (χ4n) is 8.84. The summed E-state index contributed by atoms with van der Waals surface area (Å²) in [6, 6.07) is 22.6. The largest absolute Gasteiger partial charge is 0.335 e. The van der Waals surface area contributed by atoms with Crippen LogP contribution in [0.5, 0.6) is 0 Å². The van der Waals surface area contributed by atoms with E-state index in [1.165, 1.54) is 203 Å². The third-order valence-corrected chi connectivity index (χ3v) is 12.3. The van der Waals surface area contributed by atoms with Gasteiger partial charge in [0.2, 0.25) is 0 Å². The first-order valence-electron chi connectivity index (χ1n) is 23.3. The molecular formula is C51H84N2. The Hall–Kier alpha value is -2.35. The molecule has 2 atom stereocenters. The molecule has 0 radical (unpaired) electrons. The highest BCUT2D eigenvalue weighted by Crippen LogP contribution is 2.44. The zero-order chi connectivity index (χ0) is 37.5. The van der Waals surface area contributed by atoms with E-state index in [-0.39, 0.29) is 5.41 Å². The second-order valence-electron chi connectivity index (χ2n) is 17.0. The van der Waals surface area contributed by atoms with Crippen molar-refractivity contribution in [3.8, 4) is 0 Å². The van der Waals surface area contributed by atoms with Crippen LogP contribution >= 0.6 is 0 Å². The lowest BCUT2D eigenvalue weighted by molar-refractivity contribution is 0.321. The summed E-state index contributed by atoms with van der Waals surface area (Å²) >= 11 is 0. The minimum Gasteiger partial charge on any atom is -0.335 e. The van der Waals surface area contributed by atoms with Gasteiger partial charge in [-0.15, -0.1) is 0 Å². The van der Waals surface area contributed by atoms with Crippen LogP contribution in [0.15, 0.2) is 73.1 Å². The Morgan fingerprint density at radius 1 is 0.491 bits per heavy atom. The Balaban J connectivity index is 1.50. The number of aromatic nitrogens is 2. The Bertz CT molecular complexity index is 1220. The van der Waals surface area contributed by atoms with Gasteiger partial charge in [-0.3, -0.25) is 0 Å². The van der Waals surface area contributed by atoms with Gasteiger partial charge < -0.3 is 4.57 Å². The quantitative estimate of drug-likeness (QED) is 0.0552. The van der Waals surface area contributed by atoms with E-state index in [4.69, 9.17) is 4.98 Å². The lowest BCUT2D eigenvalue weighted by Gasteiger charge is -2.39. The smallest absolute Gasteiger partial charge is 0.112 e. The molecule has 3 rings (SSSR count). The summed E-state index contributed by atoms with van der Waals surface area (Å²) in [5.74, 6) is 1.70. The van der Waals surface area contributed by atoms with Gasteiger partial charge in [0.05, 0.1) is 0 Å². The lowest BCUT2D eigenvalue weighted by Crippen LogP contribution is -2.35. The van der Waals surface area contributed by atoms with Gasteiger partial charge in [0.1, 0.15) is 5.82 Å². The summed E-state index contributed by atoms with van der Waals surface area (Å²) in [5, 5.41) is 0. The number of hydrogen-bond donors (Lipinski definition) is 0. The average molecular weight is 725 g/mol. The van der Waals surface area contributed by atoms with E-state index >= 15 is 0 Å². The van der Waals surface area contributed by atoms with Gasteiger partial charge >= 0.3 is 0 Å². The Morgan fingerprint density at radius 3 is 1.34 bits per heavy atom. The van der Waals surface area contributed by atoms with Crippen LogP contribution in [0.2, 0.25) is 0 Å². The van der Waals surface area contributed by atoms with Crippen LogP contribution in [0.1, 0.15) is 230 Å². The highest BCUT2D eigenvalue weighted by Gasteiger charge is 2.39. The molecule has 0 saturated carbocycles. The van der Waals surface area contributed by atoms with E-state index in [9.17, 15) is 0 Å². The number of imidazole rings is 1. The first-order chi connectivity index (χ1) is 26.2. The molecule has 1 aromatic heterocycles. The lowest BCUT2D eigenvalue weighted by atomic mass is 9.66. The molecule has 0 amide bonds. The third-order valence-electron chi connectivity index (χ3n) is 12.3. The molecule has 2 aromatic carbocycles. The molecule has 0 aliphatic carbocycles. The molecule has 0 aliphatic heterocycles. The van der Waals surface area contributed by atoms with Crippen LogP contribution in [0.4, 0.5) is 0 Å². The molecule has 2 heteroatoms. The molecule has 0 bridgehead atoms. The van der Waals surface area contributed by atoms with Crippen LogP contribution in [-0.4, -0.2) is 9.55 Å². The third kappa shape index (κ3) is 19.2. The molecule has 2 nitrogen and oxygen atoms in total. The van der Waals surface area contributed by atoms with Gasteiger partial charge in [0, 0.05) is 30.3 Å². The maximum atomic E-state index is 5.18. The highest BCUT2D eigenvalue weighted by molar-refractivity contribution is 5.33. The number of benzene rings is 2. The van der Waals surface area contributed by atoms with Crippen LogP contribution in [0, 0.1) is 0 Å². The summed E-state index contributed by atoms with van der Waals surface area (Å²) in [7, 11) is 0. The number of unbranched alkanes of at least 4 members (excludes halogenated alkanes) is 26. The average Bonchev–Trinajstić information content (AvgIpc) is 3.65. The standard InChI is InChI=1S/C51H84N2/c1-4-6-8-10-12-14-16-18-19-21-23-25-27-29-37-44-53-45-43-52-50(53)49(42-36-28-26-24-22-20-17-15-13-11-9-7-5-2)51(3,48-40-34-31-35-41-48)46-47-38-32-30-33-39-47/h30-35,38-41,43,45,49H,4-29,36-37,42,44,46H2,1-3H3. The van der Waals surface area contributed by atoms with E-state index in [0.717, 1.165) is 13.0 Å². The fourth-order valence-corrected chi connectivity index (χ4v) is 8.84. The summed E-state index contributed by atoms with van der Waals surface area (Å²) in [4.78, 5) is 5.18. The van der Waals surface area contributed by atoms with Gasteiger partial charge in [0.15, 0.2) is 0 Å². The van der Waals surface area contributed by atoms with Crippen molar-refractivity contribution >= 4 is 0 Å². The van der Waals surface area contributed by atoms with E-state index in [2.05, 4.69) is 98.4 Å². The van der Waals surface area contributed by atoms with Crippen LogP contribution in [0.25, 0.3) is 0 Å². The monoisotopic (exact) mass is 725 g/mol. The topological polar surface area (TPSA) is 17.8 Å². The fraction of sp³-hybridized carbons (Fsp3) is 0.706. The zero-order valence-electron chi connectivity index (χ0n) is 35.3. The molecule has 1 heterocycles. The predicted molar refractivity (Wildman–Crippen MR) is 234 cm³/mol. The van der Waals surface area contributed by atoms with Gasteiger partial charge in [0.25, 0.3) is 0 Å². The van der Waals surface area contributed by atoms with Crippen LogP contribution < -0.4 is 0 Å². The first kappa shape index (κ1) is 45.0. The van der Waals surface area contributed by atoms with E-state index < -0.39 is 0 Å². The summed E-state index contributed by atoms with van der Waals surface area (Å²) < 4.78 is 2.54. The molecule has 2 unspecified atom stereocenters. The van der Waals surface area contributed by atoms with Crippen LogP contribution in [-0.2, 0) is 18.4 Å². The second kappa shape index (κ2) is 29.9. The van der Waals surface area contributed by atoms with Gasteiger partial charge in [-0.25, -0.2) is 4.98 Å². The summed E-state index contributed by atoms with van der Waals surface area (Å²) in [5.41, 5.74) is 2.84. The molecule has 0 spiro atoms. The van der Waals surface area contributed by atoms with Crippen molar-refractivity contribution in [2.45, 2.75) is 231 Å². The molecule has 53 heavy (non-hydrogen) atoms. The molecule has 0 N–H and O–H groups in total. The molecule has 3 aromatic rings. The van der Waals surface area contributed by atoms with E-state index in [0.29, 0.717) is 5.92 Å². The summed E-state index contributed by atoms with van der Waals surface area (Å²) in [6.45, 7) is 8.25. The minimum atomic E-state index is -0.0299. The molecule has 0 aliphatic rings. The minimum absolute atomic E-state index is 0.0299. The van der Waals surface area contributed by atoms with Gasteiger partial charge in [-0.1, -0.05) is 255 Å². The van der Waals surface area contributed by atoms with E-state index in [1.54, 1.807) is 0 Å². The normalized spacial score (nSPS) is 13.3. The van der Waals surface area contributed by atoms with Crippen molar-refractivity contribution < 1.29 is 0 Å². The van der Waals surface area contributed by atoms with Crippen molar-refractivity contribution in [3.63, 3.8) is 0 Å². The zero-order valence-corrected chi connectivity index (χ0v) is 35.3. The SMILES string of the molecule is CCCCCCCCCCCCCCCCCn1ccnc1C(CCCCCCCCCCCCCCC)C(C)(Cc1ccccc1)c1ccccc1. The Kier molecular flexibility index (Phi) is 25.4. The van der Waals surface area contributed by atoms with Crippen LogP contribution in [0.3, 0.4) is 0 Å². The number of hydrogen-bond acceptors (Lipinski definition) is 1. The number of aryl methyl sites for hydroxylation is 1. The summed E-state index contributed by atoms with van der Waals surface area (Å²) in [6.07, 6.45) is 45.9. The van der Waals surface area contributed by atoms with E-state index in [1.807, 2.05) is 0 Å². The first-order valence-corrected chi connectivity index (χ1v) is 23.3. The maximum Gasteiger partial charge on any atom is 0.112 e.